The van der Waals surface area contributed by atoms with Crippen molar-refractivity contribution < 1.29 is 5.11 Å². The SMILES string of the molecule is CC(CCN[C@H](CN[C@H](CO)CN1CCC[C@H]1CN[C@H](CN)c1ccccc1)c1ccccc1)c1ccccc1. The summed E-state index contributed by atoms with van der Waals surface area (Å²) < 4.78 is 0. The van der Waals surface area contributed by atoms with E-state index in [4.69, 9.17) is 5.73 Å². The lowest BCUT2D eigenvalue weighted by Gasteiger charge is -2.31. The van der Waals surface area contributed by atoms with Crippen LogP contribution < -0.4 is 21.7 Å². The lowest BCUT2D eigenvalue weighted by atomic mass is 9.97. The molecule has 0 saturated carbocycles. The maximum atomic E-state index is 10.3. The van der Waals surface area contributed by atoms with E-state index in [0.29, 0.717) is 18.5 Å². The zero-order valence-electron chi connectivity index (χ0n) is 24.1. The standard InChI is InChI=1S/C34H49N5O/c1-27(28-12-5-2-6-13-28)19-20-36-34(30-16-9-4-10-17-30)24-37-31(26-40)25-39-21-11-18-32(39)23-38-33(22-35)29-14-7-3-8-15-29/h2-10,12-17,27,31-34,36-38,40H,11,18-26,35H2,1H3/t27?,31-,32-,33+,34+/m0/s1. The maximum Gasteiger partial charge on any atom is 0.0597 e. The molecule has 0 radical (unpaired) electrons. The Morgan fingerprint density at radius 2 is 1.43 bits per heavy atom. The summed E-state index contributed by atoms with van der Waals surface area (Å²) in [5.41, 5.74) is 9.99. The van der Waals surface area contributed by atoms with Crippen molar-refractivity contribution in [3.05, 3.63) is 108 Å². The van der Waals surface area contributed by atoms with Crippen molar-refractivity contribution in [3.63, 3.8) is 0 Å². The molecule has 6 nitrogen and oxygen atoms in total. The summed E-state index contributed by atoms with van der Waals surface area (Å²) >= 11 is 0. The van der Waals surface area contributed by atoms with Crippen LogP contribution in [0.2, 0.25) is 0 Å². The molecule has 1 saturated heterocycles. The van der Waals surface area contributed by atoms with Gasteiger partial charge in [-0.05, 0) is 55.0 Å². The highest BCUT2D eigenvalue weighted by atomic mass is 16.3. The van der Waals surface area contributed by atoms with Gasteiger partial charge < -0.3 is 26.8 Å². The topological polar surface area (TPSA) is 85.6 Å². The molecule has 6 N–H and O–H groups in total. The molecule has 4 rings (SSSR count). The largest absolute Gasteiger partial charge is 0.395 e. The minimum absolute atomic E-state index is 0.0243. The third kappa shape index (κ3) is 9.23. The smallest absolute Gasteiger partial charge is 0.0597 e. The van der Waals surface area contributed by atoms with Gasteiger partial charge in [0, 0.05) is 50.3 Å². The van der Waals surface area contributed by atoms with E-state index in [-0.39, 0.29) is 24.7 Å². The summed E-state index contributed by atoms with van der Waals surface area (Å²) in [6.45, 7) is 7.52. The number of aliphatic hydroxyl groups is 1. The molecule has 40 heavy (non-hydrogen) atoms. The summed E-state index contributed by atoms with van der Waals surface area (Å²) in [5, 5.41) is 21.5. The summed E-state index contributed by atoms with van der Waals surface area (Å²) in [6, 6.07) is 32.7. The fourth-order valence-corrected chi connectivity index (χ4v) is 5.84. The van der Waals surface area contributed by atoms with Gasteiger partial charge in [0.1, 0.15) is 0 Å². The summed E-state index contributed by atoms with van der Waals surface area (Å²) in [7, 11) is 0. The molecule has 0 aromatic heterocycles. The molecule has 0 aliphatic carbocycles. The number of hydrogen-bond acceptors (Lipinski definition) is 6. The molecule has 3 aromatic rings. The minimum atomic E-state index is 0.0243. The second-order valence-electron chi connectivity index (χ2n) is 11.2. The molecular formula is C34H49N5O. The van der Waals surface area contributed by atoms with Crippen LogP contribution in [0.3, 0.4) is 0 Å². The van der Waals surface area contributed by atoms with E-state index < -0.39 is 0 Å². The zero-order valence-corrected chi connectivity index (χ0v) is 24.1. The molecule has 216 valence electrons. The lowest BCUT2D eigenvalue weighted by Crippen LogP contribution is -2.49. The molecule has 1 fully saturated rings. The van der Waals surface area contributed by atoms with E-state index in [0.717, 1.165) is 39.1 Å². The Balaban J connectivity index is 1.28. The fourth-order valence-electron chi connectivity index (χ4n) is 5.84. The lowest BCUT2D eigenvalue weighted by molar-refractivity contribution is 0.167. The number of nitrogens with two attached hydrogens (primary N) is 1. The monoisotopic (exact) mass is 543 g/mol. The predicted octanol–water partition coefficient (Wildman–Crippen LogP) is 4.22. The number of hydrogen-bond donors (Lipinski definition) is 5. The Labute approximate surface area is 241 Å². The molecule has 1 unspecified atom stereocenters. The Morgan fingerprint density at radius 1 is 0.825 bits per heavy atom. The third-order valence-electron chi connectivity index (χ3n) is 8.36. The van der Waals surface area contributed by atoms with Crippen LogP contribution in [0.15, 0.2) is 91.0 Å². The maximum absolute atomic E-state index is 10.3. The van der Waals surface area contributed by atoms with E-state index in [9.17, 15) is 5.11 Å². The Bertz CT molecular complexity index is 1070. The van der Waals surface area contributed by atoms with Crippen molar-refractivity contribution >= 4 is 0 Å². The van der Waals surface area contributed by atoms with Gasteiger partial charge in [-0.15, -0.1) is 0 Å². The second-order valence-corrected chi connectivity index (χ2v) is 11.2. The molecule has 1 heterocycles. The van der Waals surface area contributed by atoms with Gasteiger partial charge >= 0.3 is 0 Å². The van der Waals surface area contributed by atoms with Crippen LogP contribution in [-0.2, 0) is 0 Å². The van der Waals surface area contributed by atoms with Crippen LogP contribution >= 0.6 is 0 Å². The number of rotatable bonds is 17. The van der Waals surface area contributed by atoms with Gasteiger partial charge in [0.2, 0.25) is 0 Å². The first-order chi connectivity index (χ1) is 19.7. The van der Waals surface area contributed by atoms with Gasteiger partial charge in [-0.3, -0.25) is 4.90 Å². The Morgan fingerprint density at radius 3 is 2.02 bits per heavy atom. The first-order valence-corrected chi connectivity index (χ1v) is 15.1. The number of nitrogens with one attached hydrogen (secondary N) is 3. The van der Waals surface area contributed by atoms with Gasteiger partial charge in [0.25, 0.3) is 0 Å². The van der Waals surface area contributed by atoms with E-state index in [1.54, 1.807) is 0 Å². The van der Waals surface area contributed by atoms with Crippen LogP contribution in [-0.4, -0.2) is 68.0 Å². The number of nitrogens with zero attached hydrogens (tertiary/aromatic N) is 1. The fraction of sp³-hybridized carbons (Fsp3) is 0.471. The highest BCUT2D eigenvalue weighted by Gasteiger charge is 2.27. The Hall–Kier alpha value is -2.58. The number of benzene rings is 3. The summed E-state index contributed by atoms with van der Waals surface area (Å²) in [5.74, 6) is 0.504. The normalized spacial score (nSPS) is 18.8. The van der Waals surface area contributed by atoms with E-state index >= 15 is 0 Å². The van der Waals surface area contributed by atoms with Crippen molar-refractivity contribution in [3.8, 4) is 0 Å². The average Bonchev–Trinajstić information content (AvgIpc) is 3.46. The first kappa shape index (κ1) is 30.4. The van der Waals surface area contributed by atoms with Gasteiger partial charge in [0.15, 0.2) is 0 Å². The van der Waals surface area contributed by atoms with Crippen LogP contribution in [0, 0.1) is 0 Å². The van der Waals surface area contributed by atoms with E-state index in [2.05, 4.69) is 113 Å². The highest BCUT2D eigenvalue weighted by Crippen LogP contribution is 2.21. The molecule has 5 atom stereocenters. The van der Waals surface area contributed by atoms with Crippen LogP contribution in [0.4, 0.5) is 0 Å². The van der Waals surface area contributed by atoms with Gasteiger partial charge in [0.05, 0.1) is 6.61 Å². The van der Waals surface area contributed by atoms with E-state index in [1.807, 2.05) is 6.07 Å². The van der Waals surface area contributed by atoms with Gasteiger partial charge in [-0.2, -0.15) is 0 Å². The van der Waals surface area contributed by atoms with E-state index in [1.165, 1.54) is 29.5 Å². The zero-order chi connectivity index (χ0) is 28.0. The van der Waals surface area contributed by atoms with Crippen molar-refractivity contribution in [2.45, 2.75) is 56.3 Å². The highest BCUT2D eigenvalue weighted by molar-refractivity contribution is 5.21. The molecule has 0 amide bonds. The van der Waals surface area contributed by atoms with Crippen LogP contribution in [0.5, 0.6) is 0 Å². The summed E-state index contributed by atoms with van der Waals surface area (Å²) in [6.07, 6.45) is 3.44. The number of aliphatic hydroxyl groups excluding tert-OH is 1. The summed E-state index contributed by atoms with van der Waals surface area (Å²) in [4.78, 5) is 2.53. The van der Waals surface area contributed by atoms with Crippen molar-refractivity contribution in [1.82, 2.24) is 20.9 Å². The molecular weight excluding hydrogens is 494 g/mol. The van der Waals surface area contributed by atoms with Crippen molar-refractivity contribution in [2.24, 2.45) is 5.73 Å². The van der Waals surface area contributed by atoms with Crippen molar-refractivity contribution in [2.75, 3.05) is 45.9 Å². The molecule has 3 aromatic carbocycles. The van der Waals surface area contributed by atoms with Gasteiger partial charge in [-0.1, -0.05) is 97.9 Å². The quantitative estimate of drug-likeness (QED) is 0.175. The third-order valence-corrected chi connectivity index (χ3v) is 8.36. The van der Waals surface area contributed by atoms with Crippen molar-refractivity contribution in [1.29, 1.82) is 0 Å². The Kier molecular flexibility index (Phi) is 12.6. The average molecular weight is 544 g/mol. The van der Waals surface area contributed by atoms with Crippen LogP contribution in [0.1, 0.15) is 60.9 Å². The molecule has 1 aliphatic heterocycles. The molecule has 0 spiro atoms. The molecule has 1 aliphatic rings. The second kappa shape index (κ2) is 16.6. The molecule has 6 heteroatoms. The first-order valence-electron chi connectivity index (χ1n) is 15.1. The minimum Gasteiger partial charge on any atom is -0.395 e. The predicted molar refractivity (Wildman–Crippen MR) is 166 cm³/mol. The number of likely N-dealkylation sites (tertiary alicyclic amines) is 1. The van der Waals surface area contributed by atoms with Gasteiger partial charge in [-0.25, -0.2) is 0 Å². The molecule has 0 bridgehead atoms. The van der Waals surface area contributed by atoms with Crippen LogP contribution in [0.25, 0.3) is 0 Å².